The minimum atomic E-state index is -0.112. The van der Waals surface area contributed by atoms with Gasteiger partial charge in [-0.2, -0.15) is 0 Å². The summed E-state index contributed by atoms with van der Waals surface area (Å²) >= 11 is 0. The third kappa shape index (κ3) is 7.60. The van der Waals surface area contributed by atoms with Crippen LogP contribution in [0.15, 0.2) is 30.3 Å². The number of ether oxygens (including phenoxy) is 2. The van der Waals surface area contributed by atoms with Gasteiger partial charge in [0.25, 0.3) is 0 Å². The molecule has 0 unspecified atom stereocenters. The number of pyridine rings is 2. The molecule has 2 heterocycles. The first-order valence-corrected chi connectivity index (χ1v) is 17.7. The molecule has 1 aromatic carbocycles. The molecule has 0 bridgehead atoms. The Hall–Kier alpha value is -2.82. The Morgan fingerprint density at radius 3 is 1.80 bits per heavy atom. The number of fused-ring (bicyclic) bond motifs is 5. The van der Waals surface area contributed by atoms with E-state index in [1.807, 2.05) is 0 Å². The number of nitrogens with zero attached hydrogens (tertiary/aromatic N) is 2. The minimum absolute atomic E-state index is 0.0989. The van der Waals surface area contributed by atoms with E-state index in [0.717, 1.165) is 71.0 Å². The molecule has 0 amide bonds. The van der Waals surface area contributed by atoms with Gasteiger partial charge in [0.15, 0.2) is 0 Å². The molecule has 0 saturated heterocycles. The van der Waals surface area contributed by atoms with Crippen LogP contribution in [0.3, 0.4) is 0 Å². The van der Waals surface area contributed by atoms with Crippen LogP contribution in [-0.2, 0) is 54.4 Å². The van der Waals surface area contributed by atoms with Crippen LogP contribution in [0, 0.1) is 0 Å². The summed E-state index contributed by atoms with van der Waals surface area (Å²) in [5.74, 6) is 0. The molecule has 0 spiro atoms. The van der Waals surface area contributed by atoms with E-state index < -0.39 is 0 Å². The summed E-state index contributed by atoms with van der Waals surface area (Å²) in [4.78, 5) is 11.1. The fourth-order valence-corrected chi connectivity index (χ4v) is 7.62. The Morgan fingerprint density at radius 2 is 1.16 bits per heavy atom. The van der Waals surface area contributed by atoms with Crippen molar-refractivity contribution in [2.75, 3.05) is 13.2 Å². The summed E-state index contributed by atoms with van der Waals surface area (Å²) < 4.78 is 12.3. The van der Waals surface area contributed by atoms with Crippen LogP contribution >= 0.6 is 0 Å². The van der Waals surface area contributed by atoms with Gasteiger partial charge in [0.05, 0.1) is 28.3 Å². The second-order valence-electron chi connectivity index (χ2n) is 15.4. The highest BCUT2D eigenvalue weighted by Crippen LogP contribution is 2.43. The third-order valence-electron chi connectivity index (χ3n) is 9.60. The Labute approximate surface area is 272 Å². The van der Waals surface area contributed by atoms with Gasteiger partial charge in [-0.3, -0.25) is 4.98 Å². The Kier molecular flexibility index (Phi) is 9.64. The van der Waals surface area contributed by atoms with Crippen molar-refractivity contribution in [3.8, 4) is 11.4 Å². The molecule has 0 N–H and O–H groups in total. The van der Waals surface area contributed by atoms with Gasteiger partial charge in [-0.1, -0.05) is 30.3 Å². The molecule has 0 radical (unpaired) electrons. The van der Waals surface area contributed by atoms with Crippen LogP contribution in [-0.4, -0.2) is 34.4 Å². The van der Waals surface area contributed by atoms with Crippen LogP contribution in [0.1, 0.15) is 130 Å². The predicted molar refractivity (Wildman–Crippen MR) is 187 cm³/mol. The average molecular weight is 607 g/mol. The fraction of sp³-hybridized carbons (Fsp3) is 0.561. The van der Waals surface area contributed by atoms with Gasteiger partial charge in [0.1, 0.15) is 0 Å². The lowest BCUT2D eigenvalue weighted by atomic mass is 9.77. The van der Waals surface area contributed by atoms with Crippen molar-refractivity contribution in [3.05, 3.63) is 80.7 Å². The van der Waals surface area contributed by atoms with Crippen molar-refractivity contribution in [3.63, 3.8) is 0 Å². The van der Waals surface area contributed by atoms with E-state index in [4.69, 9.17) is 19.4 Å². The molecule has 6 rings (SSSR count). The SMILES string of the molecule is CC(C)(C)OCCCc1c2c(nc3c1CCc1c-3nc3c(c1CCCOC(C)(C)C)CCC/C3=C/c1ccccc1)CCCC2. The van der Waals surface area contributed by atoms with Crippen molar-refractivity contribution in [1.29, 1.82) is 0 Å². The van der Waals surface area contributed by atoms with Crippen molar-refractivity contribution in [2.24, 2.45) is 0 Å². The highest BCUT2D eigenvalue weighted by molar-refractivity contribution is 5.84. The maximum atomic E-state index is 6.19. The predicted octanol–water partition coefficient (Wildman–Crippen LogP) is 9.49. The van der Waals surface area contributed by atoms with E-state index in [1.165, 1.54) is 81.8 Å². The Bertz CT molecular complexity index is 1540. The lowest BCUT2D eigenvalue weighted by Crippen LogP contribution is -2.23. The molecule has 4 heteroatoms. The van der Waals surface area contributed by atoms with E-state index >= 15 is 0 Å². The minimum Gasteiger partial charge on any atom is -0.376 e. The van der Waals surface area contributed by atoms with Crippen LogP contribution in [0.5, 0.6) is 0 Å². The van der Waals surface area contributed by atoms with Gasteiger partial charge >= 0.3 is 0 Å². The smallest absolute Gasteiger partial charge is 0.0931 e. The molecule has 0 aliphatic heterocycles. The Balaban J connectivity index is 1.45. The Morgan fingerprint density at radius 1 is 0.600 bits per heavy atom. The quantitative estimate of drug-likeness (QED) is 0.228. The number of hydrogen-bond acceptors (Lipinski definition) is 4. The molecule has 45 heavy (non-hydrogen) atoms. The number of aromatic nitrogens is 2. The molecule has 3 aliphatic carbocycles. The molecule has 0 fully saturated rings. The zero-order valence-electron chi connectivity index (χ0n) is 28.8. The van der Waals surface area contributed by atoms with Gasteiger partial charge in [0, 0.05) is 18.9 Å². The molecular formula is C41H54N2O2. The molecule has 0 atom stereocenters. The van der Waals surface area contributed by atoms with Gasteiger partial charge in [-0.15, -0.1) is 0 Å². The van der Waals surface area contributed by atoms with E-state index in [1.54, 1.807) is 11.1 Å². The van der Waals surface area contributed by atoms with Crippen molar-refractivity contribution in [1.82, 2.24) is 9.97 Å². The van der Waals surface area contributed by atoms with E-state index in [9.17, 15) is 0 Å². The zero-order valence-corrected chi connectivity index (χ0v) is 28.8. The third-order valence-corrected chi connectivity index (χ3v) is 9.60. The maximum absolute atomic E-state index is 6.19. The number of hydrogen-bond donors (Lipinski definition) is 0. The van der Waals surface area contributed by atoms with Gasteiger partial charge < -0.3 is 9.47 Å². The van der Waals surface area contributed by atoms with E-state index in [2.05, 4.69) is 78.0 Å². The topological polar surface area (TPSA) is 44.2 Å². The first kappa shape index (κ1) is 32.1. The summed E-state index contributed by atoms with van der Waals surface area (Å²) in [6.07, 6.45) is 16.8. The summed E-state index contributed by atoms with van der Waals surface area (Å²) in [6, 6.07) is 10.8. The standard InChI is InChI=1S/C41H54N2O2/c1-40(2,3)44-25-13-20-30-32-18-10-11-22-36(32)42-38-34(30)23-24-35-31(21-14-26-45-41(4,5)6)33-19-12-17-29(37(33)43-39(35)38)27-28-15-8-7-9-16-28/h7-9,15-16,27H,10-14,17-26H2,1-6H3/b29-27-. The van der Waals surface area contributed by atoms with Crippen LogP contribution in [0.4, 0.5) is 0 Å². The van der Waals surface area contributed by atoms with Gasteiger partial charge in [-0.25, -0.2) is 4.98 Å². The average Bonchev–Trinajstić information content (AvgIpc) is 3.00. The first-order valence-electron chi connectivity index (χ1n) is 17.7. The van der Waals surface area contributed by atoms with E-state index in [0.29, 0.717) is 0 Å². The van der Waals surface area contributed by atoms with Gasteiger partial charge in [-0.05, 0) is 176 Å². The fourth-order valence-electron chi connectivity index (χ4n) is 7.62. The summed E-state index contributed by atoms with van der Waals surface area (Å²) in [7, 11) is 0. The molecule has 2 aromatic heterocycles. The highest BCUT2D eigenvalue weighted by atomic mass is 16.5. The van der Waals surface area contributed by atoms with E-state index in [-0.39, 0.29) is 11.2 Å². The van der Waals surface area contributed by atoms with Crippen molar-refractivity contribution < 1.29 is 9.47 Å². The summed E-state index contributed by atoms with van der Waals surface area (Å²) in [5, 5.41) is 0. The molecule has 4 nitrogen and oxygen atoms in total. The van der Waals surface area contributed by atoms with Crippen LogP contribution in [0.2, 0.25) is 0 Å². The number of allylic oxidation sites excluding steroid dienone is 1. The number of benzene rings is 1. The lowest BCUT2D eigenvalue weighted by Gasteiger charge is -2.31. The van der Waals surface area contributed by atoms with Gasteiger partial charge in [0.2, 0.25) is 0 Å². The number of rotatable bonds is 9. The highest BCUT2D eigenvalue weighted by Gasteiger charge is 2.32. The van der Waals surface area contributed by atoms with Crippen LogP contribution < -0.4 is 0 Å². The number of aryl methyl sites for hydroxylation is 1. The monoisotopic (exact) mass is 606 g/mol. The molecule has 240 valence electrons. The second kappa shape index (κ2) is 13.5. The van der Waals surface area contributed by atoms with Crippen LogP contribution in [0.25, 0.3) is 23.0 Å². The molecule has 0 saturated carbocycles. The van der Waals surface area contributed by atoms with Crippen molar-refractivity contribution >= 4 is 11.6 Å². The molecule has 3 aliphatic rings. The summed E-state index contributed by atoms with van der Waals surface area (Å²) in [5.41, 5.74) is 16.4. The molecule has 3 aromatic rings. The van der Waals surface area contributed by atoms with Crippen molar-refractivity contribution in [2.45, 2.75) is 136 Å². The second-order valence-corrected chi connectivity index (χ2v) is 15.4. The zero-order chi connectivity index (χ0) is 31.6. The maximum Gasteiger partial charge on any atom is 0.0931 e. The molecular weight excluding hydrogens is 552 g/mol. The largest absolute Gasteiger partial charge is 0.376 e. The lowest BCUT2D eigenvalue weighted by molar-refractivity contribution is -0.00424. The first-order chi connectivity index (χ1) is 21.6. The normalized spacial score (nSPS) is 17.1. The summed E-state index contributed by atoms with van der Waals surface area (Å²) in [6.45, 7) is 14.5.